The van der Waals surface area contributed by atoms with E-state index >= 15 is 0 Å². The standard InChI is InChI=1S/C18H12BrN3O5S2/c19-11-3-1-2-10(6-11)7-15-17(25)21(18(28)29-15)9-16(24)20-13-5-4-12(22(26)27)8-14(13)23/h1-8,23H,9H2,(H,20,24). The molecule has 0 aliphatic carbocycles. The number of hydrogen-bond acceptors (Lipinski definition) is 7. The van der Waals surface area contributed by atoms with Crippen LogP contribution in [0.4, 0.5) is 11.4 Å². The molecule has 1 fully saturated rings. The summed E-state index contributed by atoms with van der Waals surface area (Å²) < 4.78 is 1.10. The predicted octanol–water partition coefficient (Wildman–Crippen LogP) is 3.90. The van der Waals surface area contributed by atoms with Crippen molar-refractivity contribution in [2.45, 2.75) is 0 Å². The third kappa shape index (κ3) is 5.00. The number of phenolic OH excluding ortho intramolecular Hbond substituents is 1. The molecule has 29 heavy (non-hydrogen) atoms. The van der Waals surface area contributed by atoms with E-state index in [1.165, 1.54) is 6.07 Å². The molecule has 0 radical (unpaired) electrons. The Morgan fingerprint density at radius 2 is 2.10 bits per heavy atom. The van der Waals surface area contributed by atoms with Crippen LogP contribution in [-0.4, -0.2) is 37.6 Å². The highest BCUT2D eigenvalue weighted by atomic mass is 79.9. The molecule has 1 aliphatic rings. The number of thiocarbonyl (C=S) groups is 1. The van der Waals surface area contributed by atoms with Gasteiger partial charge >= 0.3 is 0 Å². The molecular formula is C18H12BrN3O5S2. The first kappa shape index (κ1) is 21.0. The fraction of sp³-hybridized carbons (Fsp3) is 0.0556. The van der Waals surface area contributed by atoms with E-state index in [4.69, 9.17) is 12.2 Å². The summed E-state index contributed by atoms with van der Waals surface area (Å²) in [6.45, 7) is -0.350. The number of thioether (sulfide) groups is 1. The number of phenols is 1. The maximum atomic E-state index is 12.6. The number of nitrogens with zero attached hydrogens (tertiary/aromatic N) is 2. The highest BCUT2D eigenvalue weighted by molar-refractivity contribution is 9.10. The third-order valence-corrected chi connectivity index (χ3v) is 5.66. The summed E-state index contributed by atoms with van der Waals surface area (Å²) in [7, 11) is 0. The van der Waals surface area contributed by atoms with E-state index in [1.807, 2.05) is 24.3 Å². The molecule has 0 saturated carbocycles. The zero-order valence-electron chi connectivity index (χ0n) is 14.5. The van der Waals surface area contributed by atoms with E-state index in [-0.39, 0.29) is 22.2 Å². The van der Waals surface area contributed by atoms with Crippen molar-refractivity contribution >= 4 is 73.5 Å². The predicted molar refractivity (Wildman–Crippen MR) is 117 cm³/mol. The van der Waals surface area contributed by atoms with Crippen LogP contribution in [0.25, 0.3) is 6.08 Å². The Morgan fingerprint density at radius 1 is 1.34 bits per heavy atom. The van der Waals surface area contributed by atoms with Crippen LogP contribution >= 0.6 is 39.9 Å². The van der Waals surface area contributed by atoms with Crippen LogP contribution in [0, 0.1) is 10.1 Å². The molecule has 0 bridgehead atoms. The molecular weight excluding hydrogens is 482 g/mol. The molecule has 2 aromatic carbocycles. The van der Waals surface area contributed by atoms with Crippen LogP contribution in [0.15, 0.2) is 51.8 Å². The van der Waals surface area contributed by atoms with Crippen molar-refractivity contribution in [1.29, 1.82) is 0 Å². The van der Waals surface area contributed by atoms with Gasteiger partial charge in [0.1, 0.15) is 16.6 Å². The molecule has 8 nitrogen and oxygen atoms in total. The monoisotopic (exact) mass is 493 g/mol. The van der Waals surface area contributed by atoms with E-state index in [1.54, 1.807) is 6.08 Å². The number of hydrogen-bond donors (Lipinski definition) is 2. The minimum atomic E-state index is -0.664. The number of nitro groups is 1. The smallest absolute Gasteiger partial charge is 0.273 e. The lowest BCUT2D eigenvalue weighted by atomic mass is 10.2. The van der Waals surface area contributed by atoms with Crippen molar-refractivity contribution in [3.05, 3.63) is 67.5 Å². The molecule has 148 valence electrons. The quantitative estimate of drug-likeness (QED) is 0.213. The van der Waals surface area contributed by atoms with Gasteiger partial charge in [-0.2, -0.15) is 0 Å². The van der Waals surface area contributed by atoms with Gasteiger partial charge in [-0.1, -0.05) is 52.0 Å². The maximum absolute atomic E-state index is 12.6. The molecule has 2 aromatic rings. The van der Waals surface area contributed by atoms with E-state index in [0.29, 0.717) is 4.91 Å². The molecule has 1 saturated heterocycles. The number of carbonyl (C=O) groups is 2. The lowest BCUT2D eigenvalue weighted by molar-refractivity contribution is -0.384. The molecule has 3 rings (SSSR count). The average molecular weight is 494 g/mol. The molecule has 2 amide bonds. The van der Waals surface area contributed by atoms with Crippen LogP contribution in [0.1, 0.15) is 5.56 Å². The summed E-state index contributed by atoms with van der Waals surface area (Å²) in [6.07, 6.45) is 1.68. The van der Waals surface area contributed by atoms with Crippen LogP contribution in [0.5, 0.6) is 5.75 Å². The summed E-state index contributed by atoms with van der Waals surface area (Å²) in [5.74, 6) is -1.45. The van der Waals surface area contributed by atoms with Gasteiger partial charge in [0.15, 0.2) is 0 Å². The molecule has 1 aliphatic heterocycles. The molecule has 0 atom stereocenters. The first-order valence-electron chi connectivity index (χ1n) is 8.03. The first-order valence-corrected chi connectivity index (χ1v) is 10.0. The van der Waals surface area contributed by atoms with Crippen LogP contribution < -0.4 is 5.32 Å². The summed E-state index contributed by atoms with van der Waals surface area (Å²) in [6, 6.07) is 10.7. The van der Waals surface area contributed by atoms with Crippen molar-refractivity contribution < 1.29 is 19.6 Å². The third-order valence-electron chi connectivity index (χ3n) is 3.79. The summed E-state index contributed by atoms with van der Waals surface area (Å²) in [5, 5.41) is 23.0. The molecule has 1 heterocycles. The topological polar surface area (TPSA) is 113 Å². The molecule has 2 N–H and O–H groups in total. The van der Waals surface area contributed by atoms with Gasteiger partial charge in [0.2, 0.25) is 5.91 Å². The van der Waals surface area contributed by atoms with Gasteiger partial charge in [-0.3, -0.25) is 24.6 Å². The van der Waals surface area contributed by atoms with Gasteiger partial charge in [0.25, 0.3) is 11.6 Å². The van der Waals surface area contributed by atoms with Crippen molar-refractivity contribution in [3.8, 4) is 5.75 Å². The second kappa shape index (κ2) is 8.72. The lowest BCUT2D eigenvalue weighted by Gasteiger charge is -2.14. The Hall–Kier alpha value is -2.76. The van der Waals surface area contributed by atoms with Crippen LogP contribution in [0.2, 0.25) is 0 Å². The minimum absolute atomic E-state index is 0.00396. The number of nitro benzene ring substituents is 1. The highest BCUT2D eigenvalue weighted by Crippen LogP contribution is 2.33. The SMILES string of the molecule is O=C(CN1C(=O)C(=Cc2cccc(Br)c2)SC1=S)Nc1ccc([N+](=O)[O-])cc1O. The van der Waals surface area contributed by atoms with Gasteiger partial charge in [-0.25, -0.2) is 0 Å². The van der Waals surface area contributed by atoms with Gasteiger partial charge in [-0.15, -0.1) is 0 Å². The Kier molecular flexibility index (Phi) is 6.30. The van der Waals surface area contributed by atoms with E-state index in [2.05, 4.69) is 21.2 Å². The normalized spacial score (nSPS) is 15.1. The number of nitrogens with one attached hydrogen (secondary N) is 1. The van der Waals surface area contributed by atoms with Gasteiger partial charge < -0.3 is 10.4 Å². The number of benzene rings is 2. The van der Waals surface area contributed by atoms with E-state index in [9.17, 15) is 24.8 Å². The van der Waals surface area contributed by atoms with Crippen molar-refractivity contribution in [2.24, 2.45) is 0 Å². The van der Waals surface area contributed by atoms with Crippen molar-refractivity contribution in [3.63, 3.8) is 0 Å². The number of non-ortho nitro benzene ring substituents is 1. The summed E-state index contributed by atoms with van der Waals surface area (Å²) in [5.41, 5.74) is 0.492. The average Bonchev–Trinajstić information content (AvgIpc) is 2.90. The van der Waals surface area contributed by atoms with Crippen LogP contribution in [-0.2, 0) is 9.59 Å². The second-order valence-electron chi connectivity index (χ2n) is 5.83. The number of anilines is 1. The van der Waals surface area contributed by atoms with E-state index in [0.717, 1.165) is 38.8 Å². The zero-order valence-corrected chi connectivity index (χ0v) is 17.7. The number of carbonyl (C=O) groups excluding carboxylic acids is 2. The Balaban J connectivity index is 1.70. The Labute approximate surface area is 182 Å². The molecule has 0 unspecified atom stereocenters. The van der Waals surface area contributed by atoms with Gasteiger partial charge in [-0.05, 0) is 29.8 Å². The zero-order chi connectivity index (χ0) is 21.1. The van der Waals surface area contributed by atoms with E-state index < -0.39 is 22.5 Å². The Bertz CT molecular complexity index is 1070. The van der Waals surface area contributed by atoms with Crippen molar-refractivity contribution in [1.82, 2.24) is 4.90 Å². The fourth-order valence-corrected chi connectivity index (χ4v) is 4.13. The van der Waals surface area contributed by atoms with Gasteiger partial charge in [0, 0.05) is 10.5 Å². The molecule has 0 spiro atoms. The van der Waals surface area contributed by atoms with Crippen LogP contribution in [0.3, 0.4) is 0 Å². The largest absolute Gasteiger partial charge is 0.506 e. The minimum Gasteiger partial charge on any atom is -0.506 e. The second-order valence-corrected chi connectivity index (χ2v) is 8.42. The lowest BCUT2D eigenvalue weighted by Crippen LogP contribution is -2.36. The molecule has 11 heteroatoms. The summed E-state index contributed by atoms with van der Waals surface area (Å²) >= 11 is 9.66. The Morgan fingerprint density at radius 3 is 2.76 bits per heavy atom. The van der Waals surface area contributed by atoms with Gasteiger partial charge in [0.05, 0.1) is 21.6 Å². The number of amides is 2. The number of aromatic hydroxyl groups is 1. The maximum Gasteiger partial charge on any atom is 0.273 e. The number of halogens is 1. The highest BCUT2D eigenvalue weighted by Gasteiger charge is 2.33. The first-order chi connectivity index (χ1) is 13.7. The fourth-order valence-electron chi connectivity index (χ4n) is 2.46. The summed E-state index contributed by atoms with van der Waals surface area (Å²) in [4.78, 5) is 36.5. The number of rotatable bonds is 5. The van der Waals surface area contributed by atoms with Crippen molar-refractivity contribution in [2.75, 3.05) is 11.9 Å². The molecule has 0 aromatic heterocycles.